The highest BCUT2D eigenvalue weighted by Crippen LogP contribution is 2.19. The van der Waals surface area contributed by atoms with Gasteiger partial charge in [0.15, 0.2) is 12.4 Å². The van der Waals surface area contributed by atoms with E-state index in [2.05, 4.69) is 10.4 Å². The van der Waals surface area contributed by atoms with Crippen molar-refractivity contribution >= 4 is 5.91 Å². The Balaban J connectivity index is 1.52. The van der Waals surface area contributed by atoms with Crippen molar-refractivity contribution in [2.75, 3.05) is 27.4 Å². The van der Waals surface area contributed by atoms with E-state index >= 15 is 0 Å². The predicted octanol–water partition coefficient (Wildman–Crippen LogP) is 1.46. The Labute approximate surface area is 173 Å². The van der Waals surface area contributed by atoms with Gasteiger partial charge >= 0.3 is 5.69 Å². The highest BCUT2D eigenvalue weighted by molar-refractivity contribution is 5.77. The van der Waals surface area contributed by atoms with Gasteiger partial charge in [-0.05, 0) is 48.5 Å². The molecule has 1 heterocycles. The summed E-state index contributed by atoms with van der Waals surface area (Å²) in [5.41, 5.74) is 0.538. The second kappa shape index (κ2) is 9.64. The molecule has 0 aliphatic rings. The van der Waals surface area contributed by atoms with Gasteiger partial charge in [-0.1, -0.05) is 0 Å². The third kappa shape index (κ3) is 4.99. The van der Waals surface area contributed by atoms with Gasteiger partial charge < -0.3 is 19.5 Å². The second-order valence-corrected chi connectivity index (χ2v) is 6.43. The number of methoxy groups -OCH3 is 2. The summed E-state index contributed by atoms with van der Waals surface area (Å²) in [6, 6.07) is 14.2. The molecule has 0 spiro atoms. The fourth-order valence-electron chi connectivity index (χ4n) is 2.80. The van der Waals surface area contributed by atoms with Crippen molar-refractivity contribution in [3.63, 3.8) is 0 Å². The van der Waals surface area contributed by atoms with Crippen LogP contribution >= 0.6 is 0 Å². The minimum atomic E-state index is -0.287. The van der Waals surface area contributed by atoms with Gasteiger partial charge in [-0.25, -0.2) is 9.48 Å². The topological polar surface area (TPSA) is 96.6 Å². The smallest absolute Gasteiger partial charge is 0.345 e. The van der Waals surface area contributed by atoms with E-state index in [0.29, 0.717) is 17.3 Å². The molecule has 0 bridgehead atoms. The summed E-state index contributed by atoms with van der Waals surface area (Å²) in [6.07, 6.45) is 0. The van der Waals surface area contributed by atoms with Crippen molar-refractivity contribution < 1.29 is 19.0 Å². The Kier molecular flexibility index (Phi) is 6.74. The van der Waals surface area contributed by atoms with Gasteiger partial charge in [0.1, 0.15) is 17.2 Å². The summed E-state index contributed by atoms with van der Waals surface area (Å²) in [6.45, 7) is 0.376. The van der Waals surface area contributed by atoms with Gasteiger partial charge in [0.25, 0.3) is 5.91 Å². The average molecular weight is 412 g/mol. The minimum absolute atomic E-state index is 0.124. The largest absolute Gasteiger partial charge is 0.497 e. The van der Waals surface area contributed by atoms with E-state index in [-0.39, 0.29) is 31.3 Å². The van der Waals surface area contributed by atoms with Crippen LogP contribution in [0.5, 0.6) is 17.2 Å². The zero-order chi connectivity index (χ0) is 21.5. The van der Waals surface area contributed by atoms with Crippen LogP contribution in [0.3, 0.4) is 0 Å². The van der Waals surface area contributed by atoms with Crippen molar-refractivity contribution in [1.82, 2.24) is 19.7 Å². The number of nitrogens with one attached hydrogen (secondary N) is 1. The lowest BCUT2D eigenvalue weighted by molar-refractivity contribution is -0.123. The number of amides is 1. The van der Waals surface area contributed by atoms with Crippen LogP contribution in [0.4, 0.5) is 0 Å². The van der Waals surface area contributed by atoms with Crippen LogP contribution in [-0.4, -0.2) is 47.6 Å². The summed E-state index contributed by atoms with van der Waals surface area (Å²) in [4.78, 5) is 24.4. The van der Waals surface area contributed by atoms with Crippen LogP contribution in [-0.2, 0) is 18.4 Å². The third-order valence-electron chi connectivity index (χ3n) is 4.46. The van der Waals surface area contributed by atoms with Gasteiger partial charge in [0.2, 0.25) is 0 Å². The van der Waals surface area contributed by atoms with E-state index in [9.17, 15) is 9.59 Å². The summed E-state index contributed by atoms with van der Waals surface area (Å²) < 4.78 is 18.4. The molecule has 9 nitrogen and oxygen atoms in total. The van der Waals surface area contributed by atoms with E-state index in [4.69, 9.17) is 14.2 Å². The van der Waals surface area contributed by atoms with Crippen molar-refractivity contribution in [3.8, 4) is 28.6 Å². The van der Waals surface area contributed by atoms with Gasteiger partial charge in [0, 0.05) is 19.2 Å². The molecule has 3 aromatic rings. The quantitative estimate of drug-likeness (QED) is 0.572. The van der Waals surface area contributed by atoms with Gasteiger partial charge in [-0.3, -0.25) is 9.36 Å². The summed E-state index contributed by atoms with van der Waals surface area (Å²) in [5.74, 6) is 2.25. The Bertz CT molecular complexity index is 1040. The molecule has 1 aromatic heterocycles. The molecule has 0 atom stereocenters. The van der Waals surface area contributed by atoms with E-state index in [1.54, 1.807) is 45.5 Å². The SMILES string of the molecule is COc1ccc(OCC(=O)NCCn2nc(-c3ccc(OC)cc3)n(C)c2=O)cc1. The molecular formula is C21H24N4O5. The van der Waals surface area contributed by atoms with Crippen LogP contribution < -0.4 is 25.2 Å². The molecule has 2 aromatic carbocycles. The van der Waals surface area contributed by atoms with Gasteiger partial charge in [-0.2, -0.15) is 0 Å². The van der Waals surface area contributed by atoms with Gasteiger partial charge in [0.05, 0.1) is 20.8 Å². The van der Waals surface area contributed by atoms with Crippen LogP contribution in [0.1, 0.15) is 0 Å². The molecule has 0 saturated heterocycles. The molecule has 0 aliphatic carbocycles. The highest BCUT2D eigenvalue weighted by Gasteiger charge is 2.12. The second-order valence-electron chi connectivity index (χ2n) is 6.43. The van der Waals surface area contributed by atoms with E-state index in [1.165, 1.54) is 9.25 Å². The molecule has 0 unspecified atom stereocenters. The zero-order valence-electron chi connectivity index (χ0n) is 17.1. The lowest BCUT2D eigenvalue weighted by atomic mass is 10.2. The number of hydrogen-bond donors (Lipinski definition) is 1. The maximum Gasteiger partial charge on any atom is 0.345 e. The molecule has 158 valence electrons. The Morgan fingerprint density at radius 1 is 0.967 bits per heavy atom. The summed E-state index contributed by atoms with van der Waals surface area (Å²) in [5, 5.41) is 7.09. The molecule has 1 amide bonds. The lowest BCUT2D eigenvalue weighted by Crippen LogP contribution is -2.34. The van der Waals surface area contributed by atoms with Crippen molar-refractivity contribution in [2.45, 2.75) is 6.54 Å². The summed E-state index contributed by atoms with van der Waals surface area (Å²) >= 11 is 0. The first-order valence-electron chi connectivity index (χ1n) is 9.33. The Hall–Kier alpha value is -3.75. The van der Waals surface area contributed by atoms with E-state index in [0.717, 1.165) is 11.3 Å². The number of carbonyl (C=O) groups is 1. The monoisotopic (exact) mass is 412 g/mol. The van der Waals surface area contributed by atoms with Crippen LogP contribution in [0, 0.1) is 0 Å². The summed E-state index contributed by atoms with van der Waals surface area (Å²) in [7, 11) is 4.83. The standard InChI is InChI=1S/C21H24N4O5/c1-24-20(15-4-6-16(28-2)7-5-15)23-25(21(24)27)13-12-22-19(26)14-30-18-10-8-17(29-3)9-11-18/h4-11H,12-14H2,1-3H3,(H,22,26). The lowest BCUT2D eigenvalue weighted by Gasteiger charge is -2.08. The zero-order valence-corrected chi connectivity index (χ0v) is 17.1. The number of nitrogens with zero attached hydrogens (tertiary/aromatic N) is 3. The highest BCUT2D eigenvalue weighted by atomic mass is 16.5. The molecule has 30 heavy (non-hydrogen) atoms. The molecule has 9 heteroatoms. The van der Waals surface area contributed by atoms with Crippen molar-refractivity contribution in [3.05, 3.63) is 59.0 Å². The van der Waals surface area contributed by atoms with E-state index < -0.39 is 0 Å². The van der Waals surface area contributed by atoms with Gasteiger partial charge in [-0.15, -0.1) is 5.10 Å². The minimum Gasteiger partial charge on any atom is -0.497 e. The number of benzene rings is 2. The molecule has 0 aliphatic heterocycles. The van der Waals surface area contributed by atoms with E-state index in [1.807, 2.05) is 24.3 Å². The van der Waals surface area contributed by atoms with Crippen LogP contribution in [0.15, 0.2) is 53.3 Å². The molecule has 0 radical (unpaired) electrons. The number of rotatable bonds is 9. The molecule has 3 rings (SSSR count). The fraction of sp³-hybridized carbons (Fsp3) is 0.286. The molecule has 1 N–H and O–H groups in total. The number of hydrogen-bond acceptors (Lipinski definition) is 6. The normalized spacial score (nSPS) is 10.5. The predicted molar refractivity (Wildman–Crippen MR) is 111 cm³/mol. The number of aromatic nitrogens is 3. The van der Waals surface area contributed by atoms with Crippen LogP contribution in [0.25, 0.3) is 11.4 Å². The number of ether oxygens (including phenoxy) is 3. The van der Waals surface area contributed by atoms with Crippen molar-refractivity contribution in [2.24, 2.45) is 7.05 Å². The molecule has 0 fully saturated rings. The Morgan fingerprint density at radius 3 is 2.13 bits per heavy atom. The van der Waals surface area contributed by atoms with Crippen LogP contribution in [0.2, 0.25) is 0 Å². The average Bonchev–Trinajstić information content (AvgIpc) is 3.06. The number of carbonyl (C=O) groups excluding carboxylic acids is 1. The van der Waals surface area contributed by atoms with Crippen molar-refractivity contribution in [1.29, 1.82) is 0 Å². The Morgan fingerprint density at radius 2 is 1.53 bits per heavy atom. The molecule has 0 saturated carbocycles. The maximum atomic E-state index is 12.4. The first-order chi connectivity index (χ1) is 14.5. The first-order valence-corrected chi connectivity index (χ1v) is 9.33. The fourth-order valence-corrected chi connectivity index (χ4v) is 2.80. The molecular weight excluding hydrogens is 388 g/mol. The first kappa shape index (κ1) is 21.0. The third-order valence-corrected chi connectivity index (χ3v) is 4.46. The maximum absolute atomic E-state index is 12.4.